The molecule has 2 fully saturated rings. The van der Waals surface area contributed by atoms with Gasteiger partial charge in [0.2, 0.25) is 6.29 Å². The Morgan fingerprint density at radius 2 is 1.58 bits per heavy atom. The number of hydrogen-bond donors (Lipinski definition) is 7. The Bertz CT molecular complexity index is 806. The van der Waals surface area contributed by atoms with Crippen molar-refractivity contribution in [3.63, 3.8) is 0 Å². The van der Waals surface area contributed by atoms with E-state index < -0.39 is 81.7 Å². The number of ether oxygens (including phenoxy) is 2. The van der Waals surface area contributed by atoms with E-state index in [1.54, 1.807) is 30.3 Å². The Morgan fingerprint density at radius 3 is 2.21 bits per heavy atom. The maximum Gasteiger partial charge on any atom is 0.474 e. The summed E-state index contributed by atoms with van der Waals surface area (Å²) < 4.78 is 46.2. The van der Waals surface area contributed by atoms with E-state index in [0.717, 1.165) is 11.8 Å². The molecule has 2 aliphatic heterocycles. The molecule has 33 heavy (non-hydrogen) atoms. The Labute approximate surface area is 192 Å². The summed E-state index contributed by atoms with van der Waals surface area (Å²) in [5.74, 6) is 0. The van der Waals surface area contributed by atoms with Crippen molar-refractivity contribution >= 4 is 19.6 Å². The highest BCUT2D eigenvalue weighted by Gasteiger charge is 2.49. The van der Waals surface area contributed by atoms with Gasteiger partial charge >= 0.3 is 7.82 Å². The van der Waals surface area contributed by atoms with Crippen LogP contribution in [0.1, 0.15) is 0 Å². The zero-order chi connectivity index (χ0) is 24.3. The maximum atomic E-state index is 14.2. The van der Waals surface area contributed by atoms with Gasteiger partial charge in [-0.3, -0.25) is 9.05 Å². The summed E-state index contributed by atoms with van der Waals surface area (Å²) in [5, 5.41) is 58.9. The van der Waals surface area contributed by atoms with Crippen LogP contribution < -0.4 is 0 Å². The predicted octanol–water partition coefficient (Wildman–Crippen LogP) is -1.50. The second-order valence-electron chi connectivity index (χ2n) is 7.47. The standard InChI is InChI=1S/C18H26FO12PS/c19-11-14(23)12(21)9(6-20)29-17(11)31-32(26,27)28-7-10-13(22)15(24)16(25)18(30-10)33-8-4-2-1-3-5-8/h1-5,9-18,20-25H,6-7H2,(H,26,27)/t9-,10-,11+,12-,13-,14-,15+,16+,17-,18-/m1/s1. The van der Waals surface area contributed by atoms with Crippen LogP contribution in [0.5, 0.6) is 0 Å². The van der Waals surface area contributed by atoms with E-state index in [0.29, 0.717) is 4.90 Å². The predicted molar refractivity (Wildman–Crippen MR) is 108 cm³/mol. The number of phosphoric ester groups is 1. The molecule has 11 atom stereocenters. The average molecular weight is 516 g/mol. The van der Waals surface area contributed by atoms with E-state index in [-0.39, 0.29) is 0 Å². The van der Waals surface area contributed by atoms with Gasteiger partial charge in [-0.05, 0) is 12.1 Å². The molecule has 1 aromatic carbocycles. The number of aliphatic hydroxyl groups excluding tert-OH is 6. The lowest BCUT2D eigenvalue weighted by Gasteiger charge is -2.40. The third-order valence-electron chi connectivity index (χ3n) is 5.11. The minimum atomic E-state index is -5.08. The monoisotopic (exact) mass is 516 g/mol. The van der Waals surface area contributed by atoms with Crippen molar-refractivity contribution in [1.29, 1.82) is 0 Å². The third-order valence-corrected chi connectivity index (χ3v) is 7.23. The highest BCUT2D eigenvalue weighted by atomic mass is 32.2. The van der Waals surface area contributed by atoms with Crippen molar-refractivity contribution in [3.05, 3.63) is 30.3 Å². The first-order chi connectivity index (χ1) is 15.5. The molecule has 0 radical (unpaired) electrons. The number of aliphatic hydroxyl groups is 6. The van der Waals surface area contributed by atoms with Gasteiger partial charge in [0, 0.05) is 4.90 Å². The summed E-state index contributed by atoms with van der Waals surface area (Å²) in [7, 11) is -5.08. The molecule has 3 rings (SSSR count). The summed E-state index contributed by atoms with van der Waals surface area (Å²) in [6.07, 6.45) is -16.1. The molecule has 2 aliphatic rings. The molecule has 188 valence electrons. The van der Waals surface area contributed by atoms with Gasteiger partial charge < -0.3 is 45.0 Å². The van der Waals surface area contributed by atoms with Gasteiger partial charge in [-0.25, -0.2) is 8.96 Å². The van der Waals surface area contributed by atoms with Crippen molar-refractivity contribution in [2.45, 2.75) is 65.5 Å². The molecule has 0 bridgehead atoms. The number of thioether (sulfide) groups is 1. The summed E-state index contributed by atoms with van der Waals surface area (Å²) in [5.41, 5.74) is -1.06. The zero-order valence-corrected chi connectivity index (χ0v) is 18.7. The van der Waals surface area contributed by atoms with Crippen LogP contribution in [0.25, 0.3) is 0 Å². The number of halogens is 1. The van der Waals surface area contributed by atoms with Crippen molar-refractivity contribution < 1.29 is 63.0 Å². The van der Waals surface area contributed by atoms with Gasteiger partial charge in [0.25, 0.3) is 0 Å². The fourth-order valence-corrected chi connectivity index (χ4v) is 5.15. The molecule has 0 spiro atoms. The lowest BCUT2D eigenvalue weighted by atomic mass is 10.0. The number of benzene rings is 1. The van der Waals surface area contributed by atoms with Crippen molar-refractivity contribution in [3.8, 4) is 0 Å². The Morgan fingerprint density at radius 1 is 0.939 bits per heavy atom. The summed E-state index contributed by atoms with van der Waals surface area (Å²) >= 11 is 1.04. The van der Waals surface area contributed by atoms with Crippen molar-refractivity contribution in [2.24, 2.45) is 0 Å². The number of hydrogen-bond acceptors (Lipinski definition) is 12. The molecule has 2 saturated heterocycles. The van der Waals surface area contributed by atoms with E-state index in [4.69, 9.17) is 19.1 Å². The van der Waals surface area contributed by atoms with E-state index in [1.807, 2.05) is 0 Å². The van der Waals surface area contributed by atoms with Crippen LogP contribution in [0.3, 0.4) is 0 Å². The Kier molecular flexibility index (Phi) is 9.25. The second kappa shape index (κ2) is 11.4. The van der Waals surface area contributed by atoms with Crippen LogP contribution in [-0.4, -0.2) is 109 Å². The molecule has 0 aliphatic carbocycles. The second-order valence-corrected chi connectivity index (χ2v) is 10.0. The lowest BCUT2D eigenvalue weighted by molar-refractivity contribution is -0.266. The van der Waals surface area contributed by atoms with Gasteiger partial charge in [0.05, 0.1) is 13.2 Å². The van der Waals surface area contributed by atoms with E-state index in [2.05, 4.69) is 4.52 Å². The SMILES string of the molecule is O=P(O)(OC[C@H]1O[C@H](Sc2ccccc2)[C@@H](O)[C@@H](O)[C@@H]1O)O[C@H]1O[C@H](CO)[C@@H](O)[C@H](O)[C@@H]1F. The molecule has 2 heterocycles. The lowest BCUT2D eigenvalue weighted by Crippen LogP contribution is -2.58. The van der Waals surface area contributed by atoms with Gasteiger partial charge in [-0.15, -0.1) is 0 Å². The maximum absolute atomic E-state index is 14.2. The molecule has 15 heteroatoms. The molecule has 7 N–H and O–H groups in total. The van der Waals surface area contributed by atoms with Crippen LogP contribution in [0.2, 0.25) is 0 Å². The molecular formula is C18H26FO12PS. The van der Waals surface area contributed by atoms with Gasteiger partial charge in [0.15, 0.2) is 6.17 Å². The fraction of sp³-hybridized carbons (Fsp3) is 0.667. The Balaban J connectivity index is 1.61. The third kappa shape index (κ3) is 6.49. The first-order valence-electron chi connectivity index (χ1n) is 9.87. The highest BCUT2D eigenvalue weighted by Crippen LogP contribution is 2.47. The zero-order valence-electron chi connectivity index (χ0n) is 17.0. The first-order valence-corrected chi connectivity index (χ1v) is 12.2. The van der Waals surface area contributed by atoms with Gasteiger partial charge in [-0.1, -0.05) is 30.0 Å². The van der Waals surface area contributed by atoms with Crippen LogP contribution in [0.15, 0.2) is 35.2 Å². The molecular weight excluding hydrogens is 490 g/mol. The fourth-order valence-electron chi connectivity index (χ4n) is 3.25. The minimum Gasteiger partial charge on any atom is -0.394 e. The molecule has 0 amide bonds. The number of phosphoric acid groups is 1. The van der Waals surface area contributed by atoms with Crippen LogP contribution in [0, 0.1) is 0 Å². The summed E-state index contributed by atoms with van der Waals surface area (Å²) in [4.78, 5) is 10.6. The topological polar surface area (TPSA) is 196 Å². The summed E-state index contributed by atoms with van der Waals surface area (Å²) in [6.45, 7) is -1.63. The Hall–Kier alpha value is -0.710. The molecule has 1 aromatic rings. The van der Waals surface area contributed by atoms with Gasteiger partial charge in [0.1, 0.15) is 48.2 Å². The largest absolute Gasteiger partial charge is 0.474 e. The van der Waals surface area contributed by atoms with Crippen molar-refractivity contribution in [1.82, 2.24) is 0 Å². The van der Waals surface area contributed by atoms with Gasteiger partial charge in [-0.2, -0.15) is 0 Å². The van der Waals surface area contributed by atoms with Crippen LogP contribution in [-0.2, 0) is 23.1 Å². The quantitative estimate of drug-likeness (QED) is 0.197. The number of alkyl halides is 1. The number of rotatable bonds is 8. The molecule has 0 saturated carbocycles. The summed E-state index contributed by atoms with van der Waals surface area (Å²) in [6, 6.07) is 8.71. The molecule has 12 nitrogen and oxygen atoms in total. The first kappa shape index (κ1) is 26.9. The van der Waals surface area contributed by atoms with E-state index >= 15 is 0 Å². The minimum absolute atomic E-state index is 0.684. The van der Waals surface area contributed by atoms with E-state index in [1.165, 1.54) is 0 Å². The smallest absolute Gasteiger partial charge is 0.394 e. The van der Waals surface area contributed by atoms with E-state index in [9.17, 15) is 39.4 Å². The normalized spacial score (nSPS) is 41.5. The van der Waals surface area contributed by atoms with Crippen LogP contribution in [0.4, 0.5) is 4.39 Å². The highest BCUT2D eigenvalue weighted by molar-refractivity contribution is 7.99. The molecule has 1 unspecified atom stereocenters. The average Bonchev–Trinajstić information content (AvgIpc) is 2.79. The van der Waals surface area contributed by atoms with Crippen molar-refractivity contribution in [2.75, 3.05) is 13.2 Å². The molecule has 0 aromatic heterocycles. The van der Waals surface area contributed by atoms with Crippen LogP contribution >= 0.6 is 19.6 Å².